The summed E-state index contributed by atoms with van der Waals surface area (Å²) < 4.78 is 16.1. The van der Waals surface area contributed by atoms with Crippen LogP contribution < -0.4 is 14.8 Å². The van der Waals surface area contributed by atoms with Gasteiger partial charge in [-0.25, -0.2) is 0 Å². The summed E-state index contributed by atoms with van der Waals surface area (Å²) in [7, 11) is 3.35. The lowest BCUT2D eigenvalue weighted by Gasteiger charge is -2.17. The molecule has 1 atom stereocenters. The molecule has 1 rings (SSSR count). The molecule has 0 aliphatic heterocycles. The van der Waals surface area contributed by atoms with Crippen LogP contribution in [-0.4, -0.2) is 40.0 Å². The zero-order valence-electron chi connectivity index (χ0n) is 11.7. The Hall–Kier alpha value is -1.26. The summed E-state index contributed by atoms with van der Waals surface area (Å²) in [6.07, 6.45) is 0.0819. The van der Waals surface area contributed by atoms with Crippen molar-refractivity contribution in [1.82, 2.24) is 5.32 Å². The SMILES string of the molecule is COCCNCC(C)Oc1ccc(C)cc1OC. The van der Waals surface area contributed by atoms with Crippen molar-refractivity contribution in [2.75, 3.05) is 33.9 Å². The smallest absolute Gasteiger partial charge is 0.161 e. The third-order valence-electron chi connectivity index (χ3n) is 2.56. The lowest BCUT2D eigenvalue weighted by atomic mass is 10.2. The second-order valence-corrected chi connectivity index (χ2v) is 4.28. The normalized spacial score (nSPS) is 12.2. The van der Waals surface area contributed by atoms with Crippen LogP contribution in [0.2, 0.25) is 0 Å². The summed E-state index contributed by atoms with van der Waals surface area (Å²) in [6.45, 7) is 6.37. The third-order valence-corrected chi connectivity index (χ3v) is 2.56. The first-order valence-electron chi connectivity index (χ1n) is 6.18. The van der Waals surface area contributed by atoms with Gasteiger partial charge < -0.3 is 19.5 Å². The molecular weight excluding hydrogens is 230 g/mol. The molecule has 0 aliphatic rings. The van der Waals surface area contributed by atoms with Gasteiger partial charge in [0.25, 0.3) is 0 Å². The average Bonchev–Trinajstić information content (AvgIpc) is 2.37. The van der Waals surface area contributed by atoms with E-state index in [0.717, 1.165) is 30.2 Å². The van der Waals surface area contributed by atoms with Gasteiger partial charge in [-0.05, 0) is 31.5 Å². The number of aryl methyl sites for hydroxylation is 1. The first kappa shape index (κ1) is 14.8. The molecule has 0 heterocycles. The number of hydrogen-bond donors (Lipinski definition) is 1. The molecule has 18 heavy (non-hydrogen) atoms. The van der Waals surface area contributed by atoms with Crippen molar-refractivity contribution in [2.24, 2.45) is 0 Å². The van der Waals surface area contributed by atoms with Crippen LogP contribution in [0.15, 0.2) is 18.2 Å². The number of hydrogen-bond acceptors (Lipinski definition) is 4. The Morgan fingerprint density at radius 3 is 2.67 bits per heavy atom. The zero-order valence-corrected chi connectivity index (χ0v) is 11.7. The van der Waals surface area contributed by atoms with E-state index in [1.807, 2.05) is 32.0 Å². The highest BCUT2D eigenvalue weighted by molar-refractivity contribution is 5.42. The molecule has 0 amide bonds. The quantitative estimate of drug-likeness (QED) is 0.719. The van der Waals surface area contributed by atoms with Crippen LogP contribution in [0.5, 0.6) is 11.5 Å². The van der Waals surface area contributed by atoms with Gasteiger partial charge in [-0.15, -0.1) is 0 Å². The first-order chi connectivity index (χ1) is 8.67. The van der Waals surface area contributed by atoms with Gasteiger partial charge in [0.15, 0.2) is 11.5 Å². The Labute approximate surface area is 109 Å². The zero-order chi connectivity index (χ0) is 13.4. The summed E-state index contributed by atoms with van der Waals surface area (Å²) in [5.41, 5.74) is 1.16. The summed E-state index contributed by atoms with van der Waals surface area (Å²) in [5, 5.41) is 3.26. The van der Waals surface area contributed by atoms with Gasteiger partial charge in [0.2, 0.25) is 0 Å². The van der Waals surface area contributed by atoms with Crippen LogP contribution in [0, 0.1) is 6.92 Å². The summed E-state index contributed by atoms with van der Waals surface area (Å²) in [4.78, 5) is 0. The van der Waals surface area contributed by atoms with Crippen molar-refractivity contribution in [3.63, 3.8) is 0 Å². The molecule has 0 saturated carbocycles. The largest absolute Gasteiger partial charge is 0.493 e. The van der Waals surface area contributed by atoms with Crippen LogP contribution in [0.1, 0.15) is 12.5 Å². The van der Waals surface area contributed by atoms with Crippen molar-refractivity contribution >= 4 is 0 Å². The molecule has 1 N–H and O–H groups in total. The van der Waals surface area contributed by atoms with Gasteiger partial charge in [0.05, 0.1) is 13.7 Å². The molecule has 1 unspecified atom stereocenters. The number of nitrogens with one attached hydrogen (secondary N) is 1. The predicted molar refractivity (Wildman–Crippen MR) is 72.6 cm³/mol. The van der Waals surface area contributed by atoms with Crippen LogP contribution in [0.25, 0.3) is 0 Å². The molecule has 0 aliphatic carbocycles. The molecule has 4 nitrogen and oxygen atoms in total. The molecule has 0 radical (unpaired) electrons. The van der Waals surface area contributed by atoms with E-state index in [-0.39, 0.29) is 6.10 Å². The molecule has 0 fully saturated rings. The van der Waals surface area contributed by atoms with E-state index in [1.165, 1.54) is 0 Å². The Balaban J connectivity index is 2.45. The van der Waals surface area contributed by atoms with E-state index in [4.69, 9.17) is 14.2 Å². The molecule has 0 aromatic heterocycles. The van der Waals surface area contributed by atoms with Crippen molar-refractivity contribution < 1.29 is 14.2 Å². The Morgan fingerprint density at radius 1 is 1.22 bits per heavy atom. The van der Waals surface area contributed by atoms with Crippen LogP contribution >= 0.6 is 0 Å². The predicted octanol–water partition coefficient (Wildman–Crippen LogP) is 2.01. The van der Waals surface area contributed by atoms with Crippen LogP contribution in [-0.2, 0) is 4.74 Å². The van der Waals surface area contributed by atoms with Gasteiger partial charge in [0.1, 0.15) is 6.10 Å². The van der Waals surface area contributed by atoms with Gasteiger partial charge in [-0.3, -0.25) is 0 Å². The van der Waals surface area contributed by atoms with E-state index in [0.29, 0.717) is 6.61 Å². The van der Waals surface area contributed by atoms with Crippen molar-refractivity contribution in [1.29, 1.82) is 0 Å². The van der Waals surface area contributed by atoms with E-state index in [2.05, 4.69) is 5.32 Å². The number of rotatable bonds is 8. The van der Waals surface area contributed by atoms with Gasteiger partial charge in [-0.2, -0.15) is 0 Å². The maximum absolute atomic E-state index is 5.84. The number of ether oxygens (including phenoxy) is 3. The molecule has 1 aromatic rings. The second-order valence-electron chi connectivity index (χ2n) is 4.28. The topological polar surface area (TPSA) is 39.7 Å². The minimum atomic E-state index is 0.0819. The highest BCUT2D eigenvalue weighted by Gasteiger charge is 2.08. The fourth-order valence-electron chi connectivity index (χ4n) is 1.61. The lowest BCUT2D eigenvalue weighted by Crippen LogP contribution is -2.31. The summed E-state index contributed by atoms with van der Waals surface area (Å²) in [5.74, 6) is 1.56. The summed E-state index contributed by atoms with van der Waals surface area (Å²) in [6, 6.07) is 5.93. The molecule has 1 aromatic carbocycles. The fourth-order valence-corrected chi connectivity index (χ4v) is 1.61. The molecule has 102 valence electrons. The van der Waals surface area contributed by atoms with E-state index < -0.39 is 0 Å². The van der Waals surface area contributed by atoms with Crippen molar-refractivity contribution in [3.8, 4) is 11.5 Å². The standard InChI is InChI=1S/C14H23NO3/c1-11-5-6-13(14(9-11)17-4)18-12(2)10-15-7-8-16-3/h5-6,9,12,15H,7-8,10H2,1-4H3. The Morgan fingerprint density at radius 2 is 2.00 bits per heavy atom. The van der Waals surface area contributed by atoms with E-state index in [1.54, 1.807) is 14.2 Å². The maximum Gasteiger partial charge on any atom is 0.161 e. The van der Waals surface area contributed by atoms with Crippen molar-refractivity contribution in [2.45, 2.75) is 20.0 Å². The first-order valence-corrected chi connectivity index (χ1v) is 6.18. The van der Waals surface area contributed by atoms with E-state index >= 15 is 0 Å². The monoisotopic (exact) mass is 253 g/mol. The molecule has 0 spiro atoms. The Kier molecular flexibility index (Phi) is 6.54. The highest BCUT2D eigenvalue weighted by Crippen LogP contribution is 2.28. The molecule has 0 saturated heterocycles. The molecule has 4 heteroatoms. The second kappa shape index (κ2) is 7.95. The maximum atomic E-state index is 5.84. The van der Waals surface area contributed by atoms with Gasteiger partial charge in [0, 0.05) is 20.2 Å². The van der Waals surface area contributed by atoms with E-state index in [9.17, 15) is 0 Å². The van der Waals surface area contributed by atoms with Gasteiger partial charge >= 0.3 is 0 Å². The molecule has 0 bridgehead atoms. The molecular formula is C14H23NO3. The highest BCUT2D eigenvalue weighted by atomic mass is 16.5. The Bertz CT molecular complexity index is 355. The minimum Gasteiger partial charge on any atom is -0.493 e. The van der Waals surface area contributed by atoms with Crippen molar-refractivity contribution in [3.05, 3.63) is 23.8 Å². The van der Waals surface area contributed by atoms with Crippen LogP contribution in [0.3, 0.4) is 0 Å². The number of benzene rings is 1. The average molecular weight is 253 g/mol. The summed E-state index contributed by atoms with van der Waals surface area (Å²) >= 11 is 0. The third kappa shape index (κ3) is 4.94. The fraction of sp³-hybridized carbons (Fsp3) is 0.571. The lowest BCUT2D eigenvalue weighted by molar-refractivity contribution is 0.181. The minimum absolute atomic E-state index is 0.0819. The van der Waals surface area contributed by atoms with Crippen LogP contribution in [0.4, 0.5) is 0 Å². The van der Waals surface area contributed by atoms with Gasteiger partial charge in [-0.1, -0.05) is 6.07 Å². The number of methoxy groups -OCH3 is 2.